The molecular weight excluding hydrogens is 567 g/mol. The second-order valence-corrected chi connectivity index (χ2v) is 12.4. The van der Waals surface area contributed by atoms with E-state index in [1.807, 2.05) is 31.6 Å². The number of aryl methyl sites for hydroxylation is 3. The summed E-state index contributed by atoms with van der Waals surface area (Å²) in [7, 11) is 2.08. The molecule has 1 fully saturated rings. The summed E-state index contributed by atoms with van der Waals surface area (Å²) in [6.07, 6.45) is 6.53. The average molecular weight is 605 g/mol. The van der Waals surface area contributed by atoms with Crippen LogP contribution in [0.15, 0.2) is 42.9 Å². The maximum absolute atomic E-state index is 13.5. The van der Waals surface area contributed by atoms with Gasteiger partial charge in [-0.05, 0) is 63.8 Å². The minimum absolute atomic E-state index is 0.0336. The van der Waals surface area contributed by atoms with Crippen molar-refractivity contribution in [2.24, 2.45) is 7.05 Å². The number of nitrogens with zero attached hydrogens (tertiary/aromatic N) is 4. The summed E-state index contributed by atoms with van der Waals surface area (Å²) in [5.41, 5.74) is -0.607. The van der Waals surface area contributed by atoms with Gasteiger partial charge in [0.25, 0.3) is 0 Å². The minimum atomic E-state index is -2.74. The number of aliphatic hydroxyl groups is 1. The van der Waals surface area contributed by atoms with Gasteiger partial charge >= 0.3 is 17.9 Å². The van der Waals surface area contributed by atoms with Gasteiger partial charge in [-0.15, -0.1) is 11.3 Å². The normalized spacial score (nSPS) is 17.5. The van der Waals surface area contributed by atoms with Crippen molar-refractivity contribution >= 4 is 29.2 Å². The molecule has 4 heterocycles. The molecule has 11 nitrogen and oxygen atoms in total. The molecule has 0 bridgehead atoms. The first-order valence-corrected chi connectivity index (χ1v) is 14.2. The molecule has 13 heteroatoms. The Hall–Kier alpha value is -3.68. The summed E-state index contributed by atoms with van der Waals surface area (Å²) in [6.45, 7) is 8.52. The SMILES string of the molecule is Cc1ccc(C(C)(C)N2CC[C@@](CCc3ccc(F)s3)(c3nccn3C)C2)cn1.O=C(O)CC(O)(CC(=O)O)C(=O)O. The zero-order valence-corrected chi connectivity index (χ0v) is 24.9. The smallest absolute Gasteiger partial charge is 0.336 e. The van der Waals surface area contributed by atoms with Crippen molar-refractivity contribution < 1.29 is 39.2 Å². The highest BCUT2D eigenvalue weighted by atomic mass is 32.1. The number of halogens is 1. The summed E-state index contributed by atoms with van der Waals surface area (Å²) in [5.74, 6) is -3.88. The number of carbonyl (C=O) groups is 3. The lowest BCUT2D eigenvalue weighted by Gasteiger charge is -2.38. The number of hydrogen-bond donors (Lipinski definition) is 4. The van der Waals surface area contributed by atoms with E-state index in [0.29, 0.717) is 0 Å². The third-order valence-electron chi connectivity index (χ3n) is 7.82. The summed E-state index contributed by atoms with van der Waals surface area (Å²) >= 11 is 1.26. The number of thiophene rings is 1. The highest BCUT2D eigenvalue weighted by Crippen LogP contribution is 2.43. The van der Waals surface area contributed by atoms with Crippen molar-refractivity contribution in [2.45, 2.75) is 69.4 Å². The van der Waals surface area contributed by atoms with Gasteiger partial charge < -0.3 is 25.0 Å². The molecule has 0 spiro atoms. The summed E-state index contributed by atoms with van der Waals surface area (Å²) in [6, 6.07) is 7.77. The number of aromatic nitrogens is 3. The molecule has 0 unspecified atom stereocenters. The number of carboxylic acid groups (broad SMARTS) is 3. The van der Waals surface area contributed by atoms with Crippen LogP contribution < -0.4 is 0 Å². The summed E-state index contributed by atoms with van der Waals surface area (Å²) in [5, 5.41) is 33.7. The molecule has 1 aliphatic heterocycles. The Morgan fingerprint density at radius 3 is 2.21 bits per heavy atom. The van der Waals surface area contributed by atoms with Gasteiger partial charge in [0.15, 0.2) is 10.7 Å². The molecule has 0 aromatic carbocycles. The zero-order valence-electron chi connectivity index (χ0n) is 24.1. The molecule has 3 aromatic heterocycles. The first-order chi connectivity index (χ1) is 19.6. The van der Waals surface area contributed by atoms with Crippen LogP contribution in [0, 0.1) is 12.1 Å². The quantitative estimate of drug-likeness (QED) is 0.254. The monoisotopic (exact) mass is 604 g/mol. The Labute approximate surface area is 247 Å². The van der Waals surface area contributed by atoms with Gasteiger partial charge in [0.1, 0.15) is 5.82 Å². The van der Waals surface area contributed by atoms with Crippen LogP contribution in [0.1, 0.15) is 61.5 Å². The van der Waals surface area contributed by atoms with E-state index in [4.69, 9.17) is 25.4 Å². The van der Waals surface area contributed by atoms with Crippen molar-refractivity contribution in [3.05, 3.63) is 69.9 Å². The minimum Gasteiger partial charge on any atom is -0.481 e. The van der Waals surface area contributed by atoms with Crippen LogP contribution in [-0.2, 0) is 38.8 Å². The van der Waals surface area contributed by atoms with Gasteiger partial charge in [-0.1, -0.05) is 6.07 Å². The van der Waals surface area contributed by atoms with E-state index < -0.39 is 36.4 Å². The number of likely N-dealkylation sites (tertiary alicyclic amines) is 1. The highest BCUT2D eigenvalue weighted by molar-refractivity contribution is 7.10. The Morgan fingerprint density at radius 1 is 1.07 bits per heavy atom. The van der Waals surface area contributed by atoms with Crippen molar-refractivity contribution in [3.8, 4) is 0 Å². The fourth-order valence-corrected chi connectivity index (χ4v) is 6.03. The fraction of sp³-hybridized carbons (Fsp3) is 0.483. The number of rotatable bonds is 11. The molecule has 0 radical (unpaired) electrons. The summed E-state index contributed by atoms with van der Waals surface area (Å²) < 4.78 is 15.6. The second-order valence-electron chi connectivity index (χ2n) is 11.2. The Balaban J connectivity index is 0.000000316. The molecule has 0 aliphatic carbocycles. The van der Waals surface area contributed by atoms with Gasteiger partial charge in [-0.3, -0.25) is 19.5 Å². The number of aliphatic carboxylic acids is 3. The van der Waals surface area contributed by atoms with E-state index in [9.17, 15) is 18.8 Å². The van der Waals surface area contributed by atoms with E-state index in [1.165, 1.54) is 16.9 Å². The molecule has 1 saturated heterocycles. The largest absolute Gasteiger partial charge is 0.481 e. The molecule has 0 amide bonds. The number of carboxylic acids is 3. The first-order valence-electron chi connectivity index (χ1n) is 13.4. The van der Waals surface area contributed by atoms with Crippen LogP contribution in [0.3, 0.4) is 0 Å². The Kier molecular flexibility index (Phi) is 10.2. The van der Waals surface area contributed by atoms with Crippen molar-refractivity contribution in [1.29, 1.82) is 0 Å². The third kappa shape index (κ3) is 7.78. The van der Waals surface area contributed by atoms with E-state index in [1.54, 1.807) is 6.07 Å². The first kappa shape index (κ1) is 32.8. The number of imidazole rings is 1. The average Bonchev–Trinajstić information content (AvgIpc) is 3.63. The zero-order chi connectivity index (χ0) is 31.3. The van der Waals surface area contributed by atoms with Crippen LogP contribution in [-0.4, -0.2) is 76.5 Å². The highest BCUT2D eigenvalue weighted by Gasteiger charge is 2.46. The molecular formula is C29H37FN4O7S. The van der Waals surface area contributed by atoms with Gasteiger partial charge in [0.05, 0.1) is 12.8 Å². The van der Waals surface area contributed by atoms with Crippen LogP contribution >= 0.6 is 11.3 Å². The molecule has 3 aromatic rings. The van der Waals surface area contributed by atoms with Crippen LogP contribution in [0.2, 0.25) is 0 Å². The van der Waals surface area contributed by atoms with E-state index >= 15 is 0 Å². The molecule has 1 aliphatic rings. The second kappa shape index (κ2) is 13.1. The van der Waals surface area contributed by atoms with Gasteiger partial charge in [-0.2, -0.15) is 4.39 Å². The van der Waals surface area contributed by atoms with E-state index in [0.717, 1.165) is 48.7 Å². The number of hydrogen-bond acceptors (Lipinski definition) is 8. The molecule has 1 atom stereocenters. The van der Waals surface area contributed by atoms with Crippen LogP contribution in [0.5, 0.6) is 0 Å². The van der Waals surface area contributed by atoms with Gasteiger partial charge in [0.2, 0.25) is 0 Å². The Bertz CT molecular complexity index is 1390. The fourth-order valence-electron chi connectivity index (χ4n) is 5.30. The predicted octanol–water partition coefficient (Wildman–Crippen LogP) is 3.59. The van der Waals surface area contributed by atoms with Crippen LogP contribution in [0.4, 0.5) is 4.39 Å². The molecule has 4 rings (SSSR count). The molecule has 42 heavy (non-hydrogen) atoms. The van der Waals surface area contributed by atoms with E-state index in [-0.39, 0.29) is 16.1 Å². The third-order valence-corrected chi connectivity index (χ3v) is 8.76. The van der Waals surface area contributed by atoms with Crippen molar-refractivity contribution in [2.75, 3.05) is 13.1 Å². The van der Waals surface area contributed by atoms with Crippen molar-refractivity contribution in [1.82, 2.24) is 19.4 Å². The molecule has 4 N–H and O–H groups in total. The lowest BCUT2D eigenvalue weighted by Crippen LogP contribution is -2.43. The topological polar surface area (TPSA) is 166 Å². The standard InChI is InChI=1S/C23H29FN4S.C6H8O7/c1-17-5-6-18(15-26-17)22(2,3)28-13-11-23(16-28,21-25-12-14-27(21)4)10-9-19-7-8-20(24)29-19;7-3(8)1-6(13,5(11)12)2-4(9)10/h5-8,12,14-15H,9-11,13,16H2,1-4H3;13H,1-2H2,(H,7,8)(H,9,10)(H,11,12)/t23-;/m1./s1. The lowest BCUT2D eigenvalue weighted by molar-refractivity contribution is -0.170. The van der Waals surface area contributed by atoms with Gasteiger partial charge in [-0.25, -0.2) is 9.78 Å². The lowest BCUT2D eigenvalue weighted by atomic mass is 9.80. The van der Waals surface area contributed by atoms with E-state index in [2.05, 4.69) is 47.5 Å². The maximum atomic E-state index is 13.5. The number of pyridine rings is 1. The molecule has 228 valence electrons. The van der Waals surface area contributed by atoms with Gasteiger partial charge in [0, 0.05) is 60.3 Å². The van der Waals surface area contributed by atoms with Crippen LogP contribution in [0.25, 0.3) is 0 Å². The van der Waals surface area contributed by atoms with Crippen molar-refractivity contribution in [3.63, 3.8) is 0 Å². The predicted molar refractivity (Wildman–Crippen MR) is 153 cm³/mol. The Morgan fingerprint density at radius 2 is 1.74 bits per heavy atom. The molecule has 0 saturated carbocycles. The summed E-state index contributed by atoms with van der Waals surface area (Å²) in [4.78, 5) is 43.4. The maximum Gasteiger partial charge on any atom is 0.336 e.